The molecule has 1 saturated carbocycles. The molecule has 0 spiro atoms. The molecule has 0 amide bonds. The van der Waals surface area contributed by atoms with Gasteiger partial charge in [0.2, 0.25) is 10.1 Å². The Morgan fingerprint density at radius 2 is 2.10 bits per heavy atom. The van der Waals surface area contributed by atoms with E-state index >= 15 is 0 Å². The van der Waals surface area contributed by atoms with E-state index in [2.05, 4.69) is 15.4 Å². The van der Waals surface area contributed by atoms with Gasteiger partial charge >= 0.3 is 0 Å². The predicted octanol–water partition coefficient (Wildman–Crippen LogP) is 3.05. The number of anilines is 1. The van der Waals surface area contributed by atoms with Gasteiger partial charge in [-0.3, -0.25) is 0 Å². The SMILES string of the molecule is OCC1(Nc2nn3cc(-c4ccc(Cl)cc4)nc3s2)CC1. The van der Waals surface area contributed by atoms with Crippen molar-refractivity contribution in [2.24, 2.45) is 0 Å². The molecule has 2 N–H and O–H groups in total. The molecule has 0 radical (unpaired) electrons. The molecule has 0 unspecified atom stereocenters. The van der Waals surface area contributed by atoms with Gasteiger partial charge in [0, 0.05) is 10.6 Å². The summed E-state index contributed by atoms with van der Waals surface area (Å²) in [5.74, 6) is 0. The number of hydrogen-bond acceptors (Lipinski definition) is 5. The molecule has 3 aromatic rings. The lowest BCUT2D eigenvalue weighted by Crippen LogP contribution is -2.25. The van der Waals surface area contributed by atoms with Crippen molar-refractivity contribution in [2.75, 3.05) is 11.9 Å². The third-order valence-corrected chi connectivity index (χ3v) is 4.80. The van der Waals surface area contributed by atoms with Crippen LogP contribution in [0, 0.1) is 0 Å². The highest BCUT2D eigenvalue weighted by atomic mass is 35.5. The number of aliphatic hydroxyl groups is 1. The molecule has 5 nitrogen and oxygen atoms in total. The van der Waals surface area contributed by atoms with Crippen LogP contribution >= 0.6 is 22.9 Å². The quantitative estimate of drug-likeness (QED) is 0.775. The van der Waals surface area contributed by atoms with Crippen LogP contribution in [0.3, 0.4) is 0 Å². The zero-order valence-electron chi connectivity index (χ0n) is 11.1. The van der Waals surface area contributed by atoms with E-state index in [4.69, 9.17) is 11.6 Å². The van der Waals surface area contributed by atoms with E-state index < -0.39 is 0 Å². The predicted molar refractivity (Wildman–Crippen MR) is 84.0 cm³/mol. The van der Waals surface area contributed by atoms with Gasteiger partial charge in [0.05, 0.1) is 24.0 Å². The van der Waals surface area contributed by atoms with Gasteiger partial charge in [-0.05, 0) is 25.0 Å². The number of aliphatic hydroxyl groups excluding tert-OH is 1. The number of fused-ring (bicyclic) bond motifs is 1. The molecule has 7 heteroatoms. The van der Waals surface area contributed by atoms with E-state index in [9.17, 15) is 5.11 Å². The van der Waals surface area contributed by atoms with Gasteiger partial charge in [-0.2, -0.15) is 0 Å². The summed E-state index contributed by atoms with van der Waals surface area (Å²) < 4.78 is 1.77. The number of nitrogens with zero attached hydrogens (tertiary/aromatic N) is 3. The maximum Gasteiger partial charge on any atom is 0.214 e. The molecule has 1 aliphatic rings. The van der Waals surface area contributed by atoms with E-state index in [1.54, 1.807) is 4.52 Å². The van der Waals surface area contributed by atoms with E-state index in [1.165, 1.54) is 11.3 Å². The molecule has 0 bridgehead atoms. The highest BCUT2D eigenvalue weighted by Gasteiger charge is 2.42. The van der Waals surface area contributed by atoms with Crippen LogP contribution in [0.4, 0.5) is 5.13 Å². The van der Waals surface area contributed by atoms with E-state index in [0.717, 1.165) is 34.2 Å². The van der Waals surface area contributed by atoms with Crippen LogP contribution in [0.5, 0.6) is 0 Å². The molecule has 1 aromatic carbocycles. The summed E-state index contributed by atoms with van der Waals surface area (Å²) in [4.78, 5) is 5.41. The number of halogens is 1. The van der Waals surface area contributed by atoms with Crippen molar-refractivity contribution in [3.8, 4) is 11.3 Å². The summed E-state index contributed by atoms with van der Waals surface area (Å²) >= 11 is 7.38. The topological polar surface area (TPSA) is 62.5 Å². The van der Waals surface area contributed by atoms with E-state index in [0.29, 0.717) is 5.02 Å². The molecule has 1 aliphatic carbocycles. The monoisotopic (exact) mass is 320 g/mol. The highest BCUT2D eigenvalue weighted by molar-refractivity contribution is 7.20. The van der Waals surface area contributed by atoms with Crippen LogP contribution in [-0.4, -0.2) is 31.9 Å². The molecular weight excluding hydrogens is 308 g/mol. The Morgan fingerprint density at radius 3 is 2.71 bits per heavy atom. The van der Waals surface area contributed by atoms with Gasteiger partial charge in [-0.15, -0.1) is 5.10 Å². The standard InChI is InChI=1S/C14H13ClN4OS/c15-10-3-1-9(2-4-10)11-7-19-13(16-11)21-12(18-19)17-14(8-20)5-6-14/h1-4,7,20H,5-6,8H2,(H,17,18). The second-order valence-corrected chi connectivity index (χ2v) is 6.72. The van der Waals surface area contributed by atoms with E-state index in [1.807, 2.05) is 30.5 Å². The van der Waals surface area contributed by atoms with Crippen LogP contribution in [0.2, 0.25) is 5.02 Å². The lowest BCUT2D eigenvalue weighted by atomic mass is 10.2. The Balaban J connectivity index is 1.63. The first-order valence-electron chi connectivity index (χ1n) is 6.69. The molecule has 0 atom stereocenters. The summed E-state index contributed by atoms with van der Waals surface area (Å²) in [5, 5.41) is 18.6. The van der Waals surface area contributed by atoms with Crippen LogP contribution in [0.1, 0.15) is 12.8 Å². The largest absolute Gasteiger partial charge is 0.394 e. The van der Waals surface area contributed by atoms with E-state index in [-0.39, 0.29) is 12.1 Å². The average Bonchev–Trinajstić information content (AvgIpc) is 2.99. The molecular formula is C14H13ClN4OS. The van der Waals surface area contributed by atoms with Crippen molar-refractivity contribution in [1.29, 1.82) is 0 Å². The minimum Gasteiger partial charge on any atom is -0.394 e. The average molecular weight is 321 g/mol. The Bertz CT molecular complexity index is 760. The molecule has 4 rings (SSSR count). The molecule has 2 aromatic heterocycles. The number of nitrogens with one attached hydrogen (secondary N) is 1. The first-order valence-corrected chi connectivity index (χ1v) is 7.88. The minimum absolute atomic E-state index is 0.144. The second kappa shape index (κ2) is 4.69. The van der Waals surface area contributed by atoms with Crippen LogP contribution in [-0.2, 0) is 0 Å². The van der Waals surface area contributed by atoms with Crippen LogP contribution < -0.4 is 5.32 Å². The number of imidazole rings is 1. The van der Waals surface area contributed by atoms with Crippen molar-refractivity contribution in [2.45, 2.75) is 18.4 Å². The fourth-order valence-electron chi connectivity index (χ4n) is 2.21. The van der Waals surface area contributed by atoms with Crippen molar-refractivity contribution in [3.05, 3.63) is 35.5 Å². The van der Waals surface area contributed by atoms with Gasteiger partial charge < -0.3 is 10.4 Å². The number of benzene rings is 1. The summed E-state index contributed by atoms with van der Waals surface area (Å²) in [6.45, 7) is 0.144. The summed E-state index contributed by atoms with van der Waals surface area (Å²) in [7, 11) is 0. The molecule has 1 fully saturated rings. The minimum atomic E-state index is -0.158. The summed E-state index contributed by atoms with van der Waals surface area (Å²) in [6, 6.07) is 7.59. The van der Waals surface area contributed by atoms with Crippen molar-refractivity contribution in [3.63, 3.8) is 0 Å². The Morgan fingerprint density at radius 1 is 1.33 bits per heavy atom. The summed E-state index contributed by atoms with van der Waals surface area (Å²) in [6.07, 6.45) is 3.88. The van der Waals surface area contributed by atoms with Crippen molar-refractivity contribution >= 4 is 33.0 Å². The van der Waals surface area contributed by atoms with Gasteiger partial charge in [-0.1, -0.05) is 35.1 Å². The Kier molecular flexibility index (Phi) is 2.92. The van der Waals surface area contributed by atoms with Gasteiger partial charge in [0.25, 0.3) is 0 Å². The molecule has 0 saturated heterocycles. The highest BCUT2D eigenvalue weighted by Crippen LogP contribution is 2.39. The smallest absolute Gasteiger partial charge is 0.214 e. The number of rotatable bonds is 4. The maximum absolute atomic E-state index is 9.34. The lowest BCUT2D eigenvalue weighted by Gasteiger charge is -2.11. The molecule has 2 heterocycles. The van der Waals surface area contributed by atoms with Gasteiger partial charge in [0.15, 0.2) is 0 Å². The first kappa shape index (κ1) is 13.1. The van der Waals surface area contributed by atoms with Crippen LogP contribution in [0.25, 0.3) is 16.2 Å². The third kappa shape index (κ3) is 2.39. The van der Waals surface area contributed by atoms with Gasteiger partial charge in [0.1, 0.15) is 0 Å². The Hall–Kier alpha value is -1.63. The first-order chi connectivity index (χ1) is 10.2. The fraction of sp³-hybridized carbons (Fsp3) is 0.286. The Labute approximate surface area is 130 Å². The summed E-state index contributed by atoms with van der Waals surface area (Å²) in [5.41, 5.74) is 1.73. The zero-order valence-corrected chi connectivity index (χ0v) is 12.7. The third-order valence-electron chi connectivity index (χ3n) is 3.71. The van der Waals surface area contributed by atoms with Crippen LogP contribution in [0.15, 0.2) is 30.5 Å². The molecule has 0 aliphatic heterocycles. The van der Waals surface area contributed by atoms with Gasteiger partial charge in [-0.25, -0.2) is 9.50 Å². The zero-order chi connectivity index (χ0) is 14.4. The fourth-order valence-corrected chi connectivity index (χ4v) is 3.24. The normalized spacial score (nSPS) is 16.3. The number of aromatic nitrogens is 3. The van der Waals surface area contributed by atoms with Crippen molar-refractivity contribution < 1.29 is 5.11 Å². The molecule has 108 valence electrons. The molecule has 21 heavy (non-hydrogen) atoms. The lowest BCUT2D eigenvalue weighted by molar-refractivity contribution is 0.266. The second-order valence-electron chi connectivity index (χ2n) is 5.33. The van der Waals surface area contributed by atoms with Crippen molar-refractivity contribution in [1.82, 2.24) is 14.6 Å². The number of hydrogen-bond donors (Lipinski definition) is 2. The maximum atomic E-state index is 9.34.